The number of Topliss-reactive ketones (excluding diaryl/α,β-unsaturated/α-hetero) is 1. The summed E-state index contributed by atoms with van der Waals surface area (Å²) in [4.78, 5) is 12.2. The Bertz CT molecular complexity index is 596. The molecule has 0 saturated carbocycles. The summed E-state index contributed by atoms with van der Waals surface area (Å²) in [6.45, 7) is 0. The second-order valence-electron chi connectivity index (χ2n) is 4.73. The van der Waals surface area contributed by atoms with Crippen molar-refractivity contribution < 1.29 is 13.2 Å². The van der Waals surface area contributed by atoms with E-state index >= 15 is 0 Å². The van der Waals surface area contributed by atoms with Gasteiger partial charge < -0.3 is 0 Å². The molecule has 1 fully saturated rings. The fourth-order valence-corrected chi connectivity index (χ4v) is 4.58. The van der Waals surface area contributed by atoms with E-state index < -0.39 is 15.1 Å². The zero-order valence-electron chi connectivity index (χ0n) is 10.2. The van der Waals surface area contributed by atoms with Crippen molar-refractivity contribution in [3.05, 3.63) is 33.8 Å². The average molecular weight is 321 g/mol. The highest BCUT2D eigenvalue weighted by atomic mass is 35.5. The van der Waals surface area contributed by atoms with Gasteiger partial charge in [-0.05, 0) is 36.6 Å². The molecule has 1 atom stereocenters. The molecule has 0 radical (unpaired) electrons. The summed E-state index contributed by atoms with van der Waals surface area (Å²) >= 11 is 11.8. The lowest BCUT2D eigenvalue weighted by molar-refractivity contribution is -0.118. The third kappa shape index (κ3) is 3.50. The number of ketones is 1. The Morgan fingerprint density at radius 2 is 2.00 bits per heavy atom. The van der Waals surface area contributed by atoms with Gasteiger partial charge in [-0.2, -0.15) is 0 Å². The van der Waals surface area contributed by atoms with Crippen LogP contribution in [0.4, 0.5) is 0 Å². The van der Waals surface area contributed by atoms with Crippen LogP contribution in [-0.4, -0.2) is 25.2 Å². The third-order valence-corrected chi connectivity index (χ3v) is 6.14. The van der Waals surface area contributed by atoms with Gasteiger partial charge in [-0.15, -0.1) is 0 Å². The summed E-state index contributed by atoms with van der Waals surface area (Å²) in [6, 6.07) is 4.86. The molecule has 6 heteroatoms. The van der Waals surface area contributed by atoms with Gasteiger partial charge in [0.1, 0.15) is 5.25 Å². The van der Waals surface area contributed by atoms with Gasteiger partial charge in [-0.1, -0.05) is 29.6 Å². The van der Waals surface area contributed by atoms with E-state index in [4.69, 9.17) is 23.2 Å². The number of hydrogen-bond donors (Lipinski definition) is 0. The summed E-state index contributed by atoms with van der Waals surface area (Å²) in [5.74, 6) is -0.184. The Labute approximate surface area is 122 Å². The Kier molecular flexibility index (Phi) is 4.54. The molecule has 104 valence electrons. The van der Waals surface area contributed by atoms with E-state index in [0.29, 0.717) is 28.5 Å². The quantitative estimate of drug-likeness (QED) is 0.860. The molecular formula is C13H14Cl2O3S. The van der Waals surface area contributed by atoms with Crippen LogP contribution >= 0.6 is 23.2 Å². The van der Waals surface area contributed by atoms with Crippen LogP contribution in [0.1, 0.15) is 24.8 Å². The molecule has 1 aromatic carbocycles. The first-order valence-electron chi connectivity index (χ1n) is 6.08. The van der Waals surface area contributed by atoms with Crippen LogP contribution in [0.15, 0.2) is 18.2 Å². The van der Waals surface area contributed by atoms with Gasteiger partial charge >= 0.3 is 0 Å². The van der Waals surface area contributed by atoms with Gasteiger partial charge in [0.2, 0.25) is 0 Å². The smallest absolute Gasteiger partial charge is 0.160 e. The predicted molar refractivity (Wildman–Crippen MR) is 76.6 cm³/mol. The third-order valence-electron chi connectivity index (χ3n) is 3.31. The van der Waals surface area contributed by atoms with Crippen molar-refractivity contribution in [1.82, 2.24) is 0 Å². The van der Waals surface area contributed by atoms with Crippen LogP contribution in [0.3, 0.4) is 0 Å². The molecule has 19 heavy (non-hydrogen) atoms. The van der Waals surface area contributed by atoms with Crippen LogP contribution in [-0.2, 0) is 21.1 Å². The molecule has 0 aromatic heterocycles. The zero-order chi connectivity index (χ0) is 14.0. The highest BCUT2D eigenvalue weighted by Crippen LogP contribution is 2.25. The second kappa shape index (κ2) is 5.81. The van der Waals surface area contributed by atoms with Crippen molar-refractivity contribution in [2.45, 2.75) is 30.9 Å². The molecule has 3 nitrogen and oxygen atoms in total. The molecule has 0 aliphatic carbocycles. The van der Waals surface area contributed by atoms with Gasteiger partial charge in [-0.3, -0.25) is 4.79 Å². The van der Waals surface area contributed by atoms with Gasteiger partial charge in [0, 0.05) is 16.5 Å². The van der Waals surface area contributed by atoms with Crippen molar-refractivity contribution in [3.8, 4) is 0 Å². The molecule has 2 rings (SSSR count). The predicted octanol–water partition coefficient (Wildman–Crippen LogP) is 3.07. The van der Waals surface area contributed by atoms with Crippen molar-refractivity contribution in [1.29, 1.82) is 0 Å². The maximum Gasteiger partial charge on any atom is 0.160 e. The first-order valence-corrected chi connectivity index (χ1v) is 8.55. The van der Waals surface area contributed by atoms with E-state index in [-0.39, 0.29) is 18.0 Å². The van der Waals surface area contributed by atoms with Crippen molar-refractivity contribution >= 4 is 38.8 Å². The molecule has 1 aromatic rings. The van der Waals surface area contributed by atoms with E-state index in [1.54, 1.807) is 18.2 Å². The lowest BCUT2D eigenvalue weighted by atomic mass is 10.0. The summed E-state index contributed by atoms with van der Waals surface area (Å²) in [5, 5.41) is 0.0426. The number of halogens is 2. The number of carbonyl (C=O) groups excluding carboxylic acids is 1. The maximum atomic E-state index is 12.2. The summed E-state index contributed by atoms with van der Waals surface area (Å²) in [5.41, 5.74) is 0.583. The lowest BCUT2D eigenvalue weighted by Gasteiger charge is -2.21. The maximum absolute atomic E-state index is 12.2. The molecule has 0 bridgehead atoms. The van der Waals surface area contributed by atoms with Crippen LogP contribution in [0.5, 0.6) is 0 Å². The largest absolute Gasteiger partial charge is 0.298 e. The summed E-state index contributed by atoms with van der Waals surface area (Å²) < 4.78 is 23.8. The first kappa shape index (κ1) is 14.8. The zero-order valence-corrected chi connectivity index (χ0v) is 12.6. The van der Waals surface area contributed by atoms with E-state index in [2.05, 4.69) is 0 Å². The van der Waals surface area contributed by atoms with Crippen molar-refractivity contribution in [2.24, 2.45) is 0 Å². The monoisotopic (exact) mass is 320 g/mol. The number of benzene rings is 1. The average Bonchev–Trinajstić information content (AvgIpc) is 2.33. The molecule has 0 N–H and O–H groups in total. The van der Waals surface area contributed by atoms with Crippen LogP contribution in [0, 0.1) is 0 Å². The molecule has 0 spiro atoms. The van der Waals surface area contributed by atoms with Crippen LogP contribution < -0.4 is 0 Å². The minimum atomic E-state index is -3.29. The molecule has 1 heterocycles. The molecular weight excluding hydrogens is 307 g/mol. The normalized spacial score (nSPS) is 22.1. The summed E-state index contributed by atoms with van der Waals surface area (Å²) in [7, 11) is -3.29. The Hall–Kier alpha value is -0.580. The van der Waals surface area contributed by atoms with E-state index in [1.165, 1.54) is 0 Å². The molecule has 1 aliphatic heterocycles. The first-order chi connectivity index (χ1) is 8.90. The van der Waals surface area contributed by atoms with Crippen molar-refractivity contribution in [3.63, 3.8) is 0 Å². The second-order valence-corrected chi connectivity index (χ2v) is 7.88. The van der Waals surface area contributed by atoms with E-state index in [9.17, 15) is 13.2 Å². The van der Waals surface area contributed by atoms with Crippen molar-refractivity contribution in [2.75, 3.05) is 5.75 Å². The number of hydrogen-bond acceptors (Lipinski definition) is 3. The van der Waals surface area contributed by atoms with Crippen LogP contribution in [0.25, 0.3) is 0 Å². The lowest BCUT2D eigenvalue weighted by Crippen LogP contribution is -2.36. The van der Waals surface area contributed by atoms with Gasteiger partial charge in [0.25, 0.3) is 0 Å². The van der Waals surface area contributed by atoms with Crippen LogP contribution in [0.2, 0.25) is 10.0 Å². The fourth-order valence-electron chi connectivity index (χ4n) is 2.30. The minimum absolute atomic E-state index is 0.0172. The number of rotatable bonds is 3. The minimum Gasteiger partial charge on any atom is -0.298 e. The molecule has 0 amide bonds. The highest BCUT2D eigenvalue weighted by Gasteiger charge is 2.34. The van der Waals surface area contributed by atoms with Gasteiger partial charge in [0.15, 0.2) is 15.6 Å². The van der Waals surface area contributed by atoms with Gasteiger partial charge in [0.05, 0.1) is 5.75 Å². The standard InChI is InChI=1S/C13H14Cl2O3S/c14-10-4-5-11(15)9(7-10)8-12(16)13-3-1-2-6-19(13,17)18/h4-5,7,13H,1-3,6,8H2. The van der Waals surface area contributed by atoms with Gasteiger partial charge in [-0.25, -0.2) is 8.42 Å². The molecule has 1 aliphatic rings. The number of sulfone groups is 1. The topological polar surface area (TPSA) is 51.2 Å². The SMILES string of the molecule is O=C(Cc1cc(Cl)ccc1Cl)C1CCCCS1(=O)=O. The molecule has 1 saturated heterocycles. The van der Waals surface area contributed by atoms with E-state index in [1.807, 2.05) is 0 Å². The highest BCUT2D eigenvalue weighted by molar-refractivity contribution is 7.92. The number of carbonyl (C=O) groups is 1. The summed E-state index contributed by atoms with van der Waals surface area (Å²) in [6.07, 6.45) is 1.85. The fraction of sp³-hybridized carbons (Fsp3) is 0.462. The van der Waals surface area contributed by atoms with E-state index in [0.717, 1.165) is 6.42 Å². The Morgan fingerprint density at radius 1 is 1.26 bits per heavy atom. The Balaban J connectivity index is 2.19. The molecule has 1 unspecified atom stereocenters. The Morgan fingerprint density at radius 3 is 2.68 bits per heavy atom.